The second-order valence-electron chi connectivity index (χ2n) is 6.85. The lowest BCUT2D eigenvalue weighted by atomic mass is 10.1. The fourth-order valence-corrected chi connectivity index (χ4v) is 3.86. The SMILES string of the molecule is CCCOc1c(I)cc(/C=C2\C(=O)NC(=O)N(c3cccc([N+](=O)[O-])c3)C2=O)cc1OCC. The number of amides is 4. The minimum absolute atomic E-state index is 0.0296. The number of carbonyl (C=O) groups excluding carboxylic acids is 3. The predicted molar refractivity (Wildman–Crippen MR) is 128 cm³/mol. The standard InChI is InChI=1S/C22H20IN3O7/c1-3-8-33-19-17(23)10-13(11-18(19)32-4-2)9-16-20(27)24-22(29)25(21(16)28)14-6-5-7-15(12-14)26(30)31/h5-7,9-12H,3-4,8H2,1-2H3,(H,24,27,29)/b16-9+. The van der Waals surface area contributed by atoms with Gasteiger partial charge >= 0.3 is 6.03 Å². The van der Waals surface area contributed by atoms with Crippen molar-refractivity contribution in [3.63, 3.8) is 0 Å². The van der Waals surface area contributed by atoms with Gasteiger partial charge in [-0.3, -0.25) is 25.0 Å². The second kappa shape index (κ2) is 10.4. The first-order valence-electron chi connectivity index (χ1n) is 10.0. The van der Waals surface area contributed by atoms with Crippen molar-refractivity contribution >= 4 is 57.9 Å². The number of carbonyl (C=O) groups is 3. The number of halogens is 1. The number of hydrogen-bond donors (Lipinski definition) is 1. The number of benzene rings is 2. The van der Waals surface area contributed by atoms with Gasteiger partial charge in [-0.1, -0.05) is 13.0 Å². The molecule has 0 saturated carbocycles. The number of urea groups is 1. The van der Waals surface area contributed by atoms with Crippen LogP contribution in [-0.2, 0) is 9.59 Å². The molecule has 0 aliphatic carbocycles. The van der Waals surface area contributed by atoms with Gasteiger partial charge in [-0.2, -0.15) is 0 Å². The molecule has 1 fully saturated rings. The summed E-state index contributed by atoms with van der Waals surface area (Å²) < 4.78 is 12.2. The summed E-state index contributed by atoms with van der Waals surface area (Å²) in [4.78, 5) is 49.0. The zero-order valence-corrected chi connectivity index (χ0v) is 20.0. The number of barbiturate groups is 1. The van der Waals surface area contributed by atoms with E-state index in [-0.39, 0.29) is 16.9 Å². The van der Waals surface area contributed by atoms with E-state index in [1.165, 1.54) is 24.3 Å². The first-order valence-corrected chi connectivity index (χ1v) is 11.1. The van der Waals surface area contributed by atoms with Gasteiger partial charge in [0.15, 0.2) is 11.5 Å². The molecular weight excluding hydrogens is 545 g/mol. The van der Waals surface area contributed by atoms with E-state index in [0.717, 1.165) is 12.5 Å². The van der Waals surface area contributed by atoms with Crippen LogP contribution in [0.3, 0.4) is 0 Å². The molecule has 172 valence electrons. The van der Waals surface area contributed by atoms with Gasteiger partial charge in [-0.25, -0.2) is 9.69 Å². The van der Waals surface area contributed by atoms with Crippen molar-refractivity contribution in [2.24, 2.45) is 0 Å². The zero-order valence-electron chi connectivity index (χ0n) is 17.8. The third kappa shape index (κ3) is 5.30. The van der Waals surface area contributed by atoms with E-state index in [4.69, 9.17) is 9.47 Å². The fourth-order valence-electron chi connectivity index (χ4n) is 3.08. The monoisotopic (exact) mass is 565 g/mol. The van der Waals surface area contributed by atoms with Crippen LogP contribution < -0.4 is 19.7 Å². The van der Waals surface area contributed by atoms with Crippen molar-refractivity contribution in [1.82, 2.24) is 5.32 Å². The number of imide groups is 2. The highest BCUT2D eigenvalue weighted by Gasteiger charge is 2.37. The molecule has 1 N–H and O–H groups in total. The van der Waals surface area contributed by atoms with E-state index in [0.29, 0.717) is 38.7 Å². The molecule has 0 unspecified atom stereocenters. The Bertz CT molecular complexity index is 1160. The summed E-state index contributed by atoms with van der Waals surface area (Å²) in [5.41, 5.74) is -0.146. The maximum Gasteiger partial charge on any atom is 0.335 e. The number of nitro benzene ring substituents is 1. The first-order chi connectivity index (χ1) is 15.8. The number of hydrogen-bond acceptors (Lipinski definition) is 7. The Morgan fingerprint density at radius 1 is 1.15 bits per heavy atom. The number of nitrogens with zero attached hydrogens (tertiary/aromatic N) is 2. The Labute approximate surface area is 202 Å². The molecule has 33 heavy (non-hydrogen) atoms. The van der Waals surface area contributed by atoms with Gasteiger partial charge in [0.1, 0.15) is 5.57 Å². The third-order valence-corrected chi connectivity index (χ3v) is 5.29. The smallest absolute Gasteiger partial charge is 0.335 e. The average Bonchev–Trinajstić information content (AvgIpc) is 2.76. The van der Waals surface area contributed by atoms with Crippen molar-refractivity contribution < 1.29 is 28.8 Å². The molecule has 0 bridgehead atoms. The summed E-state index contributed by atoms with van der Waals surface area (Å²) in [6.07, 6.45) is 2.15. The highest BCUT2D eigenvalue weighted by Crippen LogP contribution is 2.35. The van der Waals surface area contributed by atoms with Crippen molar-refractivity contribution in [1.29, 1.82) is 0 Å². The van der Waals surface area contributed by atoms with E-state index in [9.17, 15) is 24.5 Å². The van der Waals surface area contributed by atoms with Gasteiger partial charge in [0.25, 0.3) is 17.5 Å². The van der Waals surface area contributed by atoms with Crippen LogP contribution in [0.15, 0.2) is 42.0 Å². The molecule has 2 aromatic carbocycles. The number of nitro groups is 1. The fraction of sp³-hybridized carbons (Fsp3) is 0.227. The summed E-state index contributed by atoms with van der Waals surface area (Å²) >= 11 is 2.07. The van der Waals surface area contributed by atoms with Gasteiger partial charge in [-0.15, -0.1) is 0 Å². The summed E-state index contributed by atoms with van der Waals surface area (Å²) in [5.74, 6) is -0.747. The average molecular weight is 565 g/mol. The van der Waals surface area contributed by atoms with Crippen molar-refractivity contribution in [2.45, 2.75) is 20.3 Å². The Morgan fingerprint density at radius 3 is 2.58 bits per heavy atom. The van der Waals surface area contributed by atoms with Crippen molar-refractivity contribution in [3.8, 4) is 11.5 Å². The Kier molecular flexibility index (Phi) is 7.63. The molecule has 1 heterocycles. The molecule has 1 aliphatic rings. The molecule has 0 radical (unpaired) electrons. The molecule has 3 rings (SSSR count). The molecule has 4 amide bonds. The van der Waals surface area contributed by atoms with Crippen molar-refractivity contribution in [2.75, 3.05) is 18.1 Å². The summed E-state index contributed by atoms with van der Waals surface area (Å²) in [6.45, 7) is 4.68. The van der Waals surface area contributed by atoms with Crippen molar-refractivity contribution in [3.05, 3.63) is 61.2 Å². The molecule has 2 aromatic rings. The normalized spacial score (nSPS) is 14.9. The number of rotatable bonds is 8. The molecule has 11 heteroatoms. The molecule has 0 atom stereocenters. The van der Waals surface area contributed by atoms with Crippen LogP contribution in [0.2, 0.25) is 0 Å². The highest BCUT2D eigenvalue weighted by atomic mass is 127. The zero-order chi connectivity index (χ0) is 24.1. The van der Waals surface area contributed by atoms with E-state index in [2.05, 4.69) is 27.9 Å². The number of nitrogens with one attached hydrogen (secondary N) is 1. The highest BCUT2D eigenvalue weighted by molar-refractivity contribution is 14.1. The van der Waals surface area contributed by atoms with E-state index >= 15 is 0 Å². The summed E-state index contributed by atoms with van der Waals surface area (Å²) in [6, 6.07) is 7.40. The third-order valence-electron chi connectivity index (χ3n) is 4.49. The van der Waals surface area contributed by atoms with Crippen LogP contribution in [-0.4, -0.2) is 36.0 Å². The van der Waals surface area contributed by atoms with Gasteiger partial charge in [0, 0.05) is 12.1 Å². The molecule has 0 spiro atoms. The second-order valence-corrected chi connectivity index (χ2v) is 8.01. The Hall–Kier alpha value is -3.48. The first kappa shape index (κ1) is 24.2. The van der Waals surface area contributed by atoms with Crippen LogP contribution in [0.1, 0.15) is 25.8 Å². The van der Waals surface area contributed by atoms with E-state index in [1.807, 2.05) is 13.8 Å². The number of ether oxygens (including phenoxy) is 2. The lowest BCUT2D eigenvalue weighted by Gasteiger charge is -2.26. The van der Waals surface area contributed by atoms with Crippen LogP contribution >= 0.6 is 22.6 Å². The molecule has 1 aliphatic heterocycles. The maximum absolute atomic E-state index is 13.1. The van der Waals surface area contributed by atoms with E-state index in [1.54, 1.807) is 12.1 Å². The number of non-ortho nitro benzene ring substituents is 1. The van der Waals surface area contributed by atoms with Gasteiger partial charge in [0.05, 0.1) is 27.4 Å². The summed E-state index contributed by atoms with van der Waals surface area (Å²) in [7, 11) is 0. The quantitative estimate of drug-likeness (QED) is 0.168. The Balaban J connectivity index is 2.03. The molecule has 1 saturated heterocycles. The van der Waals surface area contributed by atoms with Crippen LogP contribution in [0.25, 0.3) is 6.08 Å². The van der Waals surface area contributed by atoms with Gasteiger partial charge in [-0.05, 0) is 65.8 Å². The largest absolute Gasteiger partial charge is 0.490 e. The number of anilines is 1. The summed E-state index contributed by atoms with van der Waals surface area (Å²) in [5, 5.41) is 13.2. The predicted octanol–water partition coefficient (Wildman–Crippen LogP) is 4.05. The minimum atomic E-state index is -0.990. The lowest BCUT2D eigenvalue weighted by molar-refractivity contribution is -0.384. The van der Waals surface area contributed by atoms with E-state index < -0.39 is 22.8 Å². The minimum Gasteiger partial charge on any atom is -0.490 e. The van der Waals surface area contributed by atoms with Gasteiger partial charge in [0.2, 0.25) is 0 Å². The topological polar surface area (TPSA) is 128 Å². The van der Waals surface area contributed by atoms with Crippen LogP contribution in [0.4, 0.5) is 16.2 Å². The van der Waals surface area contributed by atoms with Gasteiger partial charge < -0.3 is 9.47 Å². The Morgan fingerprint density at radius 2 is 1.91 bits per heavy atom. The molecule has 10 nitrogen and oxygen atoms in total. The molecule has 0 aromatic heterocycles. The van der Waals surface area contributed by atoms with Crippen LogP contribution in [0, 0.1) is 13.7 Å². The lowest BCUT2D eigenvalue weighted by Crippen LogP contribution is -2.54. The maximum atomic E-state index is 13.1. The van der Waals surface area contributed by atoms with Crippen LogP contribution in [0.5, 0.6) is 11.5 Å². The molecular formula is C22H20IN3O7.